The fraction of sp³-hybridized carbons (Fsp3) is 0.444. The van der Waals surface area contributed by atoms with Crippen LogP contribution in [0.25, 0.3) is 0 Å². The van der Waals surface area contributed by atoms with Gasteiger partial charge in [0.05, 0.1) is 0 Å². The van der Waals surface area contributed by atoms with Crippen LogP contribution in [0.4, 0.5) is 0 Å². The van der Waals surface area contributed by atoms with Crippen molar-refractivity contribution < 1.29 is 0 Å². The quantitative estimate of drug-likeness (QED) is 0.488. The molecule has 1 aliphatic rings. The van der Waals surface area contributed by atoms with Crippen LogP contribution >= 0.6 is 0 Å². The van der Waals surface area contributed by atoms with Crippen molar-refractivity contribution in [2.45, 2.75) is 25.7 Å². The smallest absolute Gasteiger partial charge is 0.141 e. The third-order valence-electron chi connectivity index (χ3n) is 2.20. The standard InChI is InChI=1S/C9H10BN/c10-9-6-5-7-3-1-2-4-8(7)11-9/h5-6H,1-4H2. The van der Waals surface area contributed by atoms with Crippen molar-refractivity contribution in [3.05, 3.63) is 23.4 Å². The summed E-state index contributed by atoms with van der Waals surface area (Å²) >= 11 is 0. The van der Waals surface area contributed by atoms with Gasteiger partial charge >= 0.3 is 0 Å². The summed E-state index contributed by atoms with van der Waals surface area (Å²) in [6.07, 6.45) is 4.87. The minimum Gasteiger partial charge on any atom is -0.269 e. The first-order valence-corrected chi connectivity index (χ1v) is 4.10. The summed E-state index contributed by atoms with van der Waals surface area (Å²) in [4.78, 5) is 4.29. The van der Waals surface area contributed by atoms with E-state index in [1.807, 2.05) is 6.07 Å². The number of nitrogens with zero attached hydrogens (tertiary/aromatic N) is 1. The summed E-state index contributed by atoms with van der Waals surface area (Å²) in [5, 5.41) is 0. The van der Waals surface area contributed by atoms with Gasteiger partial charge < -0.3 is 0 Å². The summed E-state index contributed by atoms with van der Waals surface area (Å²) in [5.74, 6) is 0. The van der Waals surface area contributed by atoms with Gasteiger partial charge in [0.1, 0.15) is 7.85 Å². The Balaban J connectivity index is 2.43. The average molecular weight is 143 g/mol. The fourth-order valence-electron chi connectivity index (χ4n) is 1.60. The Hall–Kier alpha value is -0.785. The van der Waals surface area contributed by atoms with E-state index in [1.54, 1.807) is 0 Å². The molecule has 2 rings (SSSR count). The molecule has 0 atom stereocenters. The Morgan fingerprint density at radius 2 is 2.00 bits per heavy atom. The first-order chi connectivity index (χ1) is 5.36. The highest BCUT2D eigenvalue weighted by Gasteiger charge is 2.08. The maximum absolute atomic E-state index is 5.57. The van der Waals surface area contributed by atoms with Gasteiger partial charge in [0.15, 0.2) is 0 Å². The SMILES string of the molecule is [B]c1ccc2c(n1)CCCC2. The Kier molecular flexibility index (Phi) is 1.68. The van der Waals surface area contributed by atoms with Gasteiger partial charge in [-0.15, -0.1) is 0 Å². The van der Waals surface area contributed by atoms with Crippen LogP contribution in [0.15, 0.2) is 12.1 Å². The summed E-state index contributed by atoms with van der Waals surface area (Å²) in [5.41, 5.74) is 3.27. The van der Waals surface area contributed by atoms with Crippen LogP contribution in [-0.4, -0.2) is 12.8 Å². The molecule has 0 spiro atoms. The number of hydrogen-bond acceptors (Lipinski definition) is 1. The van der Waals surface area contributed by atoms with Crippen molar-refractivity contribution in [3.63, 3.8) is 0 Å². The first-order valence-electron chi connectivity index (χ1n) is 4.10. The molecule has 0 unspecified atom stereocenters. The molecule has 0 aliphatic heterocycles. The van der Waals surface area contributed by atoms with Crippen molar-refractivity contribution in [2.24, 2.45) is 0 Å². The highest BCUT2D eigenvalue weighted by Crippen LogP contribution is 2.17. The van der Waals surface area contributed by atoms with Crippen LogP contribution in [0, 0.1) is 0 Å². The van der Waals surface area contributed by atoms with Crippen LogP contribution in [0.2, 0.25) is 0 Å². The summed E-state index contributed by atoms with van der Waals surface area (Å²) in [6, 6.07) is 4.00. The predicted octanol–water partition coefficient (Wildman–Crippen LogP) is 0.754. The first kappa shape index (κ1) is 6.90. The number of fused-ring (bicyclic) bond motifs is 1. The second-order valence-electron chi connectivity index (χ2n) is 3.05. The van der Waals surface area contributed by atoms with E-state index in [-0.39, 0.29) is 0 Å². The molecule has 1 nitrogen and oxygen atoms in total. The molecule has 0 bridgehead atoms. The summed E-state index contributed by atoms with van der Waals surface area (Å²) < 4.78 is 0. The predicted molar refractivity (Wildman–Crippen MR) is 46.3 cm³/mol. The van der Waals surface area contributed by atoms with Crippen molar-refractivity contribution in [2.75, 3.05) is 0 Å². The van der Waals surface area contributed by atoms with Gasteiger partial charge in [-0.3, -0.25) is 4.98 Å². The molecule has 1 aliphatic carbocycles. The molecule has 0 N–H and O–H groups in total. The third-order valence-corrected chi connectivity index (χ3v) is 2.20. The van der Waals surface area contributed by atoms with Crippen LogP contribution < -0.4 is 5.59 Å². The molecule has 0 amide bonds. The maximum Gasteiger partial charge on any atom is 0.141 e. The number of aromatic nitrogens is 1. The second kappa shape index (κ2) is 2.69. The van der Waals surface area contributed by atoms with Gasteiger partial charge in [-0.2, -0.15) is 0 Å². The van der Waals surface area contributed by atoms with E-state index < -0.39 is 0 Å². The molecule has 0 fully saturated rings. The summed E-state index contributed by atoms with van der Waals surface area (Å²) in [6.45, 7) is 0. The minimum absolute atomic E-state index is 0.658. The van der Waals surface area contributed by atoms with E-state index in [2.05, 4.69) is 11.1 Å². The lowest BCUT2D eigenvalue weighted by Crippen LogP contribution is -2.15. The number of rotatable bonds is 0. The van der Waals surface area contributed by atoms with Gasteiger partial charge in [-0.25, -0.2) is 0 Å². The monoisotopic (exact) mass is 143 g/mol. The molecular weight excluding hydrogens is 133 g/mol. The number of pyridine rings is 1. The van der Waals surface area contributed by atoms with Crippen LogP contribution in [0.5, 0.6) is 0 Å². The lowest BCUT2D eigenvalue weighted by atomic mass is 9.93. The highest BCUT2D eigenvalue weighted by molar-refractivity contribution is 6.30. The lowest BCUT2D eigenvalue weighted by Gasteiger charge is -2.14. The molecule has 0 aromatic carbocycles. The molecule has 54 valence electrons. The largest absolute Gasteiger partial charge is 0.269 e. The molecule has 1 heterocycles. The van der Waals surface area contributed by atoms with E-state index in [9.17, 15) is 0 Å². The maximum atomic E-state index is 5.57. The molecule has 2 radical (unpaired) electrons. The number of hydrogen-bond donors (Lipinski definition) is 0. The van der Waals surface area contributed by atoms with Crippen LogP contribution in [-0.2, 0) is 12.8 Å². The Morgan fingerprint density at radius 3 is 2.91 bits per heavy atom. The van der Waals surface area contributed by atoms with Crippen molar-refractivity contribution >= 4 is 13.4 Å². The topological polar surface area (TPSA) is 12.9 Å². The van der Waals surface area contributed by atoms with Gasteiger partial charge in [-0.1, -0.05) is 12.1 Å². The van der Waals surface area contributed by atoms with E-state index in [0.717, 1.165) is 6.42 Å². The Labute approximate surface area is 68.3 Å². The Bertz CT molecular complexity index is 270. The second-order valence-corrected chi connectivity index (χ2v) is 3.05. The van der Waals surface area contributed by atoms with Crippen molar-refractivity contribution in [3.8, 4) is 0 Å². The minimum atomic E-state index is 0.658. The summed E-state index contributed by atoms with van der Waals surface area (Å²) in [7, 11) is 5.57. The zero-order valence-electron chi connectivity index (χ0n) is 6.51. The highest BCUT2D eigenvalue weighted by atomic mass is 14.7. The average Bonchev–Trinajstić information content (AvgIpc) is 2.04. The molecule has 0 saturated heterocycles. The number of aryl methyl sites for hydroxylation is 2. The van der Waals surface area contributed by atoms with Crippen LogP contribution in [0.1, 0.15) is 24.1 Å². The van der Waals surface area contributed by atoms with E-state index >= 15 is 0 Å². The van der Waals surface area contributed by atoms with Crippen LogP contribution in [0.3, 0.4) is 0 Å². The molecule has 2 heteroatoms. The van der Waals surface area contributed by atoms with Crippen molar-refractivity contribution in [1.82, 2.24) is 4.98 Å². The Morgan fingerprint density at radius 1 is 1.18 bits per heavy atom. The van der Waals surface area contributed by atoms with Crippen molar-refractivity contribution in [1.29, 1.82) is 0 Å². The van der Waals surface area contributed by atoms with Gasteiger partial charge in [0.2, 0.25) is 0 Å². The van der Waals surface area contributed by atoms with E-state index in [1.165, 1.54) is 30.5 Å². The van der Waals surface area contributed by atoms with E-state index in [0.29, 0.717) is 5.59 Å². The van der Waals surface area contributed by atoms with Gasteiger partial charge in [-0.05, 0) is 36.8 Å². The van der Waals surface area contributed by atoms with E-state index in [4.69, 9.17) is 7.85 Å². The molecule has 1 aromatic heterocycles. The van der Waals surface area contributed by atoms with Gasteiger partial charge in [0, 0.05) is 5.69 Å². The third kappa shape index (κ3) is 1.30. The fourth-order valence-corrected chi connectivity index (χ4v) is 1.60. The normalized spacial score (nSPS) is 16.0. The lowest BCUT2D eigenvalue weighted by molar-refractivity contribution is 0.670. The molecular formula is C9H10BN. The van der Waals surface area contributed by atoms with Gasteiger partial charge in [0.25, 0.3) is 0 Å². The zero-order chi connectivity index (χ0) is 7.68. The molecule has 11 heavy (non-hydrogen) atoms. The zero-order valence-corrected chi connectivity index (χ0v) is 6.51. The molecule has 0 saturated carbocycles. The molecule has 1 aromatic rings.